The van der Waals surface area contributed by atoms with Gasteiger partial charge in [-0.3, -0.25) is 4.79 Å². The second-order valence-corrected chi connectivity index (χ2v) is 9.26. The molecule has 0 aliphatic carbocycles. The summed E-state index contributed by atoms with van der Waals surface area (Å²) in [6.07, 6.45) is -9.93. The molecule has 4 rings (SSSR count). The topological polar surface area (TPSA) is 42.4 Å². The summed E-state index contributed by atoms with van der Waals surface area (Å²) in [5, 5.41) is 0.0456. The zero-order valence-electron chi connectivity index (χ0n) is 18.3. The molecule has 1 aliphatic heterocycles. The zero-order chi connectivity index (χ0) is 26.5. The third-order valence-electron chi connectivity index (χ3n) is 5.86. The number of carbonyl (C=O) groups is 1. The van der Waals surface area contributed by atoms with Gasteiger partial charge in [0.1, 0.15) is 11.2 Å². The van der Waals surface area contributed by atoms with E-state index in [1.54, 1.807) is 0 Å². The van der Waals surface area contributed by atoms with Crippen LogP contribution in [0.3, 0.4) is 0 Å². The maximum absolute atomic E-state index is 14.2. The Morgan fingerprint density at radius 2 is 1.44 bits per heavy atom. The van der Waals surface area contributed by atoms with Crippen molar-refractivity contribution in [1.29, 1.82) is 0 Å². The highest BCUT2D eigenvalue weighted by atomic mass is 79.9. The number of cyclic esters (lactones) is 1. The van der Waals surface area contributed by atoms with Gasteiger partial charge in [0, 0.05) is 22.1 Å². The number of nitrogens with zero attached hydrogens (tertiary/aromatic N) is 2. The molecule has 0 saturated carbocycles. The number of pyridine rings is 1. The fraction of sp³-hybridized carbons (Fsp3) is 0.250. The van der Waals surface area contributed by atoms with Gasteiger partial charge in [-0.15, -0.1) is 0 Å². The third-order valence-corrected chi connectivity index (χ3v) is 6.79. The van der Waals surface area contributed by atoms with Crippen molar-refractivity contribution in [2.75, 3.05) is 0 Å². The van der Waals surface area contributed by atoms with Crippen LogP contribution < -0.4 is 0 Å². The Balaban J connectivity index is 2.09. The highest BCUT2D eigenvalue weighted by molar-refractivity contribution is 9.10. The second-order valence-electron chi connectivity index (χ2n) is 8.02. The SMILES string of the molecule is CC1C(=O)OC(c2ccccc2C(F)(F)F)(c2ccccc2C(F)(F)F)N1Cc1nc(Cl)ccc1Br. The Hall–Kier alpha value is -2.63. The molecule has 0 bridgehead atoms. The normalized spacial score (nSPS) is 18.4. The quantitative estimate of drug-likeness (QED) is 0.183. The molecule has 0 N–H and O–H groups in total. The van der Waals surface area contributed by atoms with Gasteiger partial charge in [-0.2, -0.15) is 26.3 Å². The lowest BCUT2D eigenvalue weighted by atomic mass is 9.85. The van der Waals surface area contributed by atoms with Gasteiger partial charge in [0.25, 0.3) is 0 Å². The van der Waals surface area contributed by atoms with Crippen LogP contribution in [0.5, 0.6) is 0 Å². The minimum atomic E-state index is -4.96. The second kappa shape index (κ2) is 9.35. The maximum atomic E-state index is 14.2. The molecule has 1 fully saturated rings. The monoisotopic (exact) mass is 592 g/mol. The molecule has 1 unspecified atom stereocenters. The first-order valence-corrected chi connectivity index (χ1v) is 11.6. The van der Waals surface area contributed by atoms with Crippen LogP contribution in [0, 0.1) is 0 Å². The Morgan fingerprint density at radius 3 is 1.94 bits per heavy atom. The average molecular weight is 594 g/mol. The van der Waals surface area contributed by atoms with Gasteiger partial charge in [-0.05, 0) is 47.1 Å². The van der Waals surface area contributed by atoms with E-state index in [-0.39, 0.29) is 17.4 Å². The minimum absolute atomic E-state index is 0.0456. The molecular weight excluding hydrogens is 578 g/mol. The first-order chi connectivity index (χ1) is 16.8. The highest BCUT2D eigenvalue weighted by Gasteiger charge is 2.59. The Labute approximate surface area is 215 Å². The number of hydrogen-bond acceptors (Lipinski definition) is 4. The molecule has 1 aliphatic rings. The molecular formula is C24H16BrClF6N2O2. The van der Waals surface area contributed by atoms with Crippen molar-refractivity contribution < 1.29 is 35.9 Å². The van der Waals surface area contributed by atoms with Crippen molar-refractivity contribution in [2.24, 2.45) is 0 Å². The summed E-state index contributed by atoms with van der Waals surface area (Å²) in [4.78, 5) is 18.2. The Morgan fingerprint density at radius 1 is 0.944 bits per heavy atom. The van der Waals surface area contributed by atoms with Gasteiger partial charge in [-0.25, -0.2) is 9.88 Å². The molecule has 2 aromatic carbocycles. The van der Waals surface area contributed by atoms with Crippen LogP contribution in [0.1, 0.15) is 34.9 Å². The molecule has 0 spiro atoms. The molecule has 190 valence electrons. The van der Waals surface area contributed by atoms with Gasteiger partial charge in [-0.1, -0.05) is 48.0 Å². The minimum Gasteiger partial charge on any atom is -0.434 e. The lowest BCUT2D eigenvalue weighted by Crippen LogP contribution is -2.48. The zero-order valence-corrected chi connectivity index (χ0v) is 20.6. The molecule has 2 heterocycles. The van der Waals surface area contributed by atoms with Crippen molar-refractivity contribution in [3.63, 3.8) is 0 Å². The van der Waals surface area contributed by atoms with E-state index in [2.05, 4.69) is 20.9 Å². The van der Waals surface area contributed by atoms with Crippen molar-refractivity contribution in [2.45, 2.75) is 37.6 Å². The van der Waals surface area contributed by atoms with Crippen molar-refractivity contribution in [3.05, 3.63) is 98.2 Å². The number of rotatable bonds is 4. The number of ether oxygens (including phenoxy) is 1. The van der Waals surface area contributed by atoms with Gasteiger partial charge >= 0.3 is 18.3 Å². The molecule has 12 heteroatoms. The fourth-order valence-corrected chi connectivity index (χ4v) is 4.79. The number of benzene rings is 2. The lowest BCUT2D eigenvalue weighted by molar-refractivity contribution is -0.160. The van der Waals surface area contributed by atoms with E-state index < -0.39 is 52.3 Å². The largest absolute Gasteiger partial charge is 0.434 e. The first kappa shape index (κ1) is 26.4. The van der Waals surface area contributed by atoms with Crippen molar-refractivity contribution >= 4 is 33.5 Å². The van der Waals surface area contributed by atoms with E-state index in [0.717, 1.165) is 41.3 Å². The molecule has 0 radical (unpaired) electrons. The molecule has 1 atom stereocenters. The number of alkyl halides is 6. The molecule has 36 heavy (non-hydrogen) atoms. The van der Waals surface area contributed by atoms with Crippen molar-refractivity contribution in [1.82, 2.24) is 9.88 Å². The van der Waals surface area contributed by atoms with E-state index in [1.807, 2.05) is 0 Å². The standard InChI is InChI=1S/C24H16BrClF6N2O2/c1-13-21(35)36-22(14-6-2-4-8-16(14)23(27,28)29,15-7-3-5-9-17(15)24(30,31)32)34(13)12-19-18(25)10-11-20(26)33-19/h2-11,13H,12H2,1H3. The molecule has 1 aromatic heterocycles. The van der Waals surface area contributed by atoms with Gasteiger partial charge in [0.2, 0.25) is 5.72 Å². The average Bonchev–Trinajstić information content (AvgIpc) is 3.06. The van der Waals surface area contributed by atoms with E-state index in [1.165, 1.54) is 31.2 Å². The van der Waals surface area contributed by atoms with E-state index >= 15 is 0 Å². The number of halogens is 8. The number of aromatic nitrogens is 1. The summed E-state index contributed by atoms with van der Waals surface area (Å²) in [5.41, 5.74) is -6.21. The number of hydrogen-bond donors (Lipinski definition) is 0. The summed E-state index contributed by atoms with van der Waals surface area (Å²) in [6.45, 7) is 0.974. The fourth-order valence-electron chi connectivity index (χ4n) is 4.28. The molecule has 4 nitrogen and oxygen atoms in total. The van der Waals surface area contributed by atoms with E-state index in [9.17, 15) is 31.1 Å². The van der Waals surface area contributed by atoms with E-state index in [0.29, 0.717) is 4.47 Å². The predicted octanol–water partition coefficient (Wildman–Crippen LogP) is 7.18. The van der Waals surface area contributed by atoms with Gasteiger partial charge in [0.15, 0.2) is 0 Å². The molecule has 3 aromatic rings. The van der Waals surface area contributed by atoms with Crippen LogP contribution in [-0.4, -0.2) is 21.9 Å². The predicted molar refractivity (Wildman–Crippen MR) is 122 cm³/mol. The first-order valence-electron chi connectivity index (χ1n) is 10.4. The molecule has 1 saturated heterocycles. The summed E-state index contributed by atoms with van der Waals surface area (Å²) in [6, 6.07) is 9.93. The van der Waals surface area contributed by atoms with Crippen LogP contribution >= 0.6 is 27.5 Å². The number of esters is 1. The van der Waals surface area contributed by atoms with Crippen LogP contribution in [0.2, 0.25) is 5.15 Å². The summed E-state index contributed by atoms with van der Waals surface area (Å²) in [5.74, 6) is -0.998. The van der Waals surface area contributed by atoms with Crippen LogP contribution in [-0.2, 0) is 34.2 Å². The molecule has 0 amide bonds. The van der Waals surface area contributed by atoms with Gasteiger partial charge in [0.05, 0.1) is 16.8 Å². The van der Waals surface area contributed by atoms with Crippen LogP contribution in [0.4, 0.5) is 26.3 Å². The summed E-state index contributed by atoms with van der Waals surface area (Å²) in [7, 11) is 0. The smallest absolute Gasteiger partial charge is 0.416 e. The number of carbonyl (C=O) groups excluding carboxylic acids is 1. The van der Waals surface area contributed by atoms with E-state index in [4.69, 9.17) is 16.3 Å². The maximum Gasteiger partial charge on any atom is 0.416 e. The van der Waals surface area contributed by atoms with Crippen LogP contribution in [0.15, 0.2) is 65.1 Å². The van der Waals surface area contributed by atoms with Gasteiger partial charge < -0.3 is 4.74 Å². The Bertz CT molecular complexity index is 1260. The summed E-state index contributed by atoms with van der Waals surface area (Å²) < 4.78 is 91.0. The van der Waals surface area contributed by atoms with Crippen LogP contribution in [0.25, 0.3) is 0 Å². The van der Waals surface area contributed by atoms with Crippen molar-refractivity contribution in [3.8, 4) is 0 Å². The Kier molecular flexibility index (Phi) is 6.87. The summed E-state index contributed by atoms with van der Waals surface area (Å²) >= 11 is 9.28. The highest BCUT2D eigenvalue weighted by Crippen LogP contribution is 2.51. The lowest BCUT2D eigenvalue weighted by Gasteiger charge is -2.40. The third kappa shape index (κ3) is 4.59.